The third-order valence-corrected chi connectivity index (χ3v) is 7.16. The van der Waals surface area contributed by atoms with Crippen molar-refractivity contribution in [3.8, 4) is 0 Å². The number of carbonyl (C=O) groups is 2. The maximum atomic E-state index is 12.9. The van der Waals surface area contributed by atoms with Crippen molar-refractivity contribution < 1.29 is 9.59 Å². The highest BCUT2D eigenvalue weighted by Crippen LogP contribution is 2.30. The molecule has 32 heavy (non-hydrogen) atoms. The Morgan fingerprint density at radius 2 is 1.59 bits per heavy atom. The molecular weight excluding hydrogens is 445 g/mol. The molecule has 2 aromatic carbocycles. The molecule has 2 aromatic rings. The smallest absolute Gasteiger partial charge is 0.253 e. The summed E-state index contributed by atoms with van der Waals surface area (Å²) in [4.78, 5) is 29.9. The van der Waals surface area contributed by atoms with Crippen molar-refractivity contribution in [3.63, 3.8) is 0 Å². The van der Waals surface area contributed by atoms with Gasteiger partial charge in [-0.1, -0.05) is 41.4 Å². The highest BCUT2D eigenvalue weighted by molar-refractivity contribution is 6.31. The topological polar surface area (TPSA) is 52.7 Å². The van der Waals surface area contributed by atoms with E-state index in [-0.39, 0.29) is 23.8 Å². The van der Waals surface area contributed by atoms with Crippen molar-refractivity contribution in [2.24, 2.45) is 5.92 Å². The van der Waals surface area contributed by atoms with Gasteiger partial charge < -0.3 is 10.2 Å². The molecule has 0 spiro atoms. The molecule has 170 valence electrons. The zero-order chi connectivity index (χ0) is 22.5. The van der Waals surface area contributed by atoms with E-state index in [9.17, 15) is 9.59 Å². The van der Waals surface area contributed by atoms with E-state index < -0.39 is 0 Å². The second-order valence-corrected chi connectivity index (χ2v) is 9.44. The predicted octanol–water partition coefficient (Wildman–Crippen LogP) is 4.80. The highest BCUT2D eigenvalue weighted by Gasteiger charge is 2.30. The summed E-state index contributed by atoms with van der Waals surface area (Å²) in [7, 11) is 0. The fraction of sp³-hybridized carbons (Fsp3) is 0.440. The van der Waals surface area contributed by atoms with Gasteiger partial charge in [0.15, 0.2) is 0 Å². The number of amides is 2. The normalized spacial score (nSPS) is 18.5. The monoisotopic (exact) mass is 473 g/mol. The molecule has 4 rings (SSSR count). The summed E-state index contributed by atoms with van der Waals surface area (Å²) in [6, 6.07) is 14.9. The van der Waals surface area contributed by atoms with Gasteiger partial charge in [-0.15, -0.1) is 0 Å². The number of carbonyl (C=O) groups excluding carboxylic acids is 2. The van der Waals surface area contributed by atoms with E-state index in [1.54, 1.807) is 24.3 Å². The van der Waals surface area contributed by atoms with Gasteiger partial charge in [-0.2, -0.15) is 0 Å². The van der Waals surface area contributed by atoms with E-state index in [1.165, 1.54) is 12.8 Å². The number of hydrogen-bond donors (Lipinski definition) is 1. The first kappa shape index (κ1) is 23.1. The van der Waals surface area contributed by atoms with Crippen LogP contribution < -0.4 is 5.32 Å². The first-order valence-corrected chi connectivity index (χ1v) is 12.1. The van der Waals surface area contributed by atoms with E-state index in [0.29, 0.717) is 43.1 Å². The van der Waals surface area contributed by atoms with Crippen LogP contribution in [0.1, 0.15) is 47.6 Å². The van der Waals surface area contributed by atoms with Crippen LogP contribution in [0.5, 0.6) is 0 Å². The molecule has 2 fully saturated rings. The Bertz CT molecular complexity index is 936. The summed E-state index contributed by atoms with van der Waals surface area (Å²) in [5.41, 5.74) is 1.70. The van der Waals surface area contributed by atoms with Gasteiger partial charge in [-0.05, 0) is 74.7 Å². The van der Waals surface area contributed by atoms with Crippen LogP contribution in [-0.2, 0) is 4.79 Å². The summed E-state index contributed by atoms with van der Waals surface area (Å²) in [5.74, 6) is -0.0112. The summed E-state index contributed by atoms with van der Waals surface area (Å²) >= 11 is 12.4. The number of hydrogen-bond acceptors (Lipinski definition) is 3. The van der Waals surface area contributed by atoms with Crippen LogP contribution in [0.4, 0.5) is 0 Å². The Balaban J connectivity index is 1.32. The van der Waals surface area contributed by atoms with E-state index >= 15 is 0 Å². The Kier molecular flexibility index (Phi) is 7.71. The van der Waals surface area contributed by atoms with Gasteiger partial charge in [0.1, 0.15) is 0 Å². The van der Waals surface area contributed by atoms with Crippen LogP contribution in [0, 0.1) is 5.92 Å². The predicted molar refractivity (Wildman–Crippen MR) is 128 cm³/mol. The molecular formula is C25H29Cl2N3O2. The van der Waals surface area contributed by atoms with Gasteiger partial charge in [0.25, 0.3) is 5.91 Å². The first-order valence-electron chi connectivity index (χ1n) is 11.3. The lowest BCUT2D eigenvalue weighted by atomic mass is 9.95. The second-order valence-electron chi connectivity index (χ2n) is 8.60. The van der Waals surface area contributed by atoms with Gasteiger partial charge in [0.05, 0.1) is 6.04 Å². The third kappa shape index (κ3) is 5.45. The van der Waals surface area contributed by atoms with Gasteiger partial charge in [0, 0.05) is 41.2 Å². The Hall–Kier alpha value is -2.08. The molecule has 2 aliphatic rings. The number of likely N-dealkylation sites (tertiary alicyclic amines) is 2. The van der Waals surface area contributed by atoms with Crippen LogP contribution in [0.25, 0.3) is 0 Å². The number of piperidine rings is 1. The van der Waals surface area contributed by atoms with Crippen LogP contribution in [0.15, 0.2) is 48.5 Å². The van der Waals surface area contributed by atoms with Crippen LogP contribution in [-0.4, -0.2) is 54.3 Å². The Morgan fingerprint density at radius 3 is 2.25 bits per heavy atom. The van der Waals surface area contributed by atoms with Crippen LogP contribution in [0.2, 0.25) is 10.0 Å². The fourth-order valence-electron chi connectivity index (χ4n) is 4.70. The van der Waals surface area contributed by atoms with Crippen molar-refractivity contribution in [2.45, 2.75) is 31.7 Å². The average molecular weight is 474 g/mol. The molecule has 7 heteroatoms. The minimum atomic E-state index is -0.0743. The minimum Gasteiger partial charge on any atom is -0.354 e. The van der Waals surface area contributed by atoms with E-state index in [4.69, 9.17) is 23.2 Å². The SMILES string of the molecule is O=C(NC[C@H](c1ccccc1Cl)N1CCCC1)C1CCN(C(=O)c2ccc(Cl)cc2)CC1. The van der Waals surface area contributed by atoms with E-state index in [2.05, 4.69) is 16.3 Å². The summed E-state index contributed by atoms with van der Waals surface area (Å²) in [6.45, 7) is 3.76. The summed E-state index contributed by atoms with van der Waals surface area (Å²) in [6.07, 6.45) is 3.70. The van der Waals surface area contributed by atoms with Crippen LogP contribution in [0.3, 0.4) is 0 Å². The standard InChI is InChI=1S/C25H29Cl2N3O2/c26-20-9-7-19(8-10-20)25(32)30-15-11-18(12-16-30)24(31)28-17-23(29-13-3-4-14-29)21-5-1-2-6-22(21)27/h1-2,5-10,18,23H,3-4,11-17H2,(H,28,31)/t23-/m1/s1. The largest absolute Gasteiger partial charge is 0.354 e. The molecule has 1 atom stereocenters. The molecule has 2 heterocycles. The van der Waals surface area contributed by atoms with Crippen molar-refractivity contribution in [2.75, 3.05) is 32.7 Å². The summed E-state index contributed by atoms with van der Waals surface area (Å²) < 4.78 is 0. The molecule has 0 radical (unpaired) electrons. The number of halogens is 2. The zero-order valence-corrected chi connectivity index (χ0v) is 19.6. The van der Waals surface area contributed by atoms with E-state index in [0.717, 1.165) is 23.7 Å². The molecule has 2 saturated heterocycles. The molecule has 0 bridgehead atoms. The second kappa shape index (κ2) is 10.7. The van der Waals surface area contributed by atoms with Gasteiger partial charge in [-0.25, -0.2) is 0 Å². The van der Waals surface area contributed by atoms with Gasteiger partial charge >= 0.3 is 0 Å². The zero-order valence-electron chi connectivity index (χ0n) is 18.1. The van der Waals surface area contributed by atoms with Gasteiger partial charge in [0.2, 0.25) is 5.91 Å². The van der Waals surface area contributed by atoms with E-state index in [1.807, 2.05) is 23.1 Å². The number of nitrogens with zero attached hydrogens (tertiary/aromatic N) is 2. The number of rotatable bonds is 6. The maximum Gasteiger partial charge on any atom is 0.253 e. The summed E-state index contributed by atoms with van der Waals surface area (Å²) in [5, 5.41) is 4.53. The van der Waals surface area contributed by atoms with Crippen molar-refractivity contribution in [3.05, 3.63) is 69.7 Å². The number of benzene rings is 2. The quantitative estimate of drug-likeness (QED) is 0.655. The molecule has 2 amide bonds. The Morgan fingerprint density at radius 1 is 0.938 bits per heavy atom. The maximum absolute atomic E-state index is 12.9. The lowest BCUT2D eigenvalue weighted by molar-refractivity contribution is -0.126. The van der Waals surface area contributed by atoms with Crippen molar-refractivity contribution >= 4 is 35.0 Å². The molecule has 0 saturated carbocycles. The van der Waals surface area contributed by atoms with Crippen molar-refractivity contribution in [1.29, 1.82) is 0 Å². The molecule has 1 N–H and O–H groups in total. The van der Waals surface area contributed by atoms with Gasteiger partial charge in [-0.3, -0.25) is 14.5 Å². The molecule has 0 aromatic heterocycles. The Labute approximate surface area is 199 Å². The average Bonchev–Trinajstić information content (AvgIpc) is 3.35. The molecule has 5 nitrogen and oxygen atoms in total. The number of nitrogens with one attached hydrogen (secondary N) is 1. The lowest BCUT2D eigenvalue weighted by Gasteiger charge is -2.33. The molecule has 2 aliphatic heterocycles. The minimum absolute atomic E-state index is 0.00617. The van der Waals surface area contributed by atoms with Crippen LogP contribution >= 0.6 is 23.2 Å². The third-order valence-electron chi connectivity index (χ3n) is 6.56. The lowest BCUT2D eigenvalue weighted by Crippen LogP contribution is -2.44. The van der Waals surface area contributed by atoms with Crippen molar-refractivity contribution in [1.82, 2.24) is 15.1 Å². The highest BCUT2D eigenvalue weighted by atomic mass is 35.5. The molecule has 0 unspecified atom stereocenters. The first-order chi connectivity index (χ1) is 15.5. The molecule has 0 aliphatic carbocycles. The fourth-order valence-corrected chi connectivity index (χ4v) is 5.08.